The molecule has 10 heteroatoms. The molecular formula is C23H13FN4O4S. The van der Waals surface area contributed by atoms with E-state index in [1.54, 1.807) is 12.1 Å². The van der Waals surface area contributed by atoms with Crippen molar-refractivity contribution < 1.29 is 18.5 Å². The first-order valence-electron chi connectivity index (χ1n) is 9.65. The number of fused-ring (bicyclic) bond motifs is 2. The van der Waals surface area contributed by atoms with Gasteiger partial charge >= 0.3 is 5.88 Å². The van der Waals surface area contributed by atoms with Crippen molar-refractivity contribution in [1.29, 1.82) is 0 Å². The molecule has 0 aliphatic carbocycles. The third-order valence-corrected chi connectivity index (χ3v) is 5.80. The van der Waals surface area contributed by atoms with Gasteiger partial charge < -0.3 is 4.42 Å². The molecule has 1 amide bonds. The first-order valence-corrected chi connectivity index (χ1v) is 10.5. The largest absolute Gasteiger partial charge is 0.433 e. The Kier molecular flexibility index (Phi) is 5.11. The molecule has 0 N–H and O–H groups in total. The average Bonchev–Trinajstić information content (AvgIpc) is 3.46. The molecular weight excluding hydrogens is 447 g/mol. The number of halogens is 1. The number of nitrogens with zero attached hydrogens (tertiary/aromatic N) is 4. The molecule has 0 atom stereocenters. The van der Waals surface area contributed by atoms with Crippen LogP contribution in [0, 0.1) is 15.9 Å². The zero-order valence-corrected chi connectivity index (χ0v) is 17.5. The van der Waals surface area contributed by atoms with Gasteiger partial charge in [-0.25, -0.2) is 9.37 Å². The van der Waals surface area contributed by atoms with Gasteiger partial charge in [-0.1, -0.05) is 41.7 Å². The number of aromatic nitrogens is 1. The van der Waals surface area contributed by atoms with Crippen molar-refractivity contribution >= 4 is 55.5 Å². The number of anilines is 1. The lowest BCUT2D eigenvalue weighted by atomic mass is 10.1. The van der Waals surface area contributed by atoms with Gasteiger partial charge in [-0.2, -0.15) is 10.1 Å². The van der Waals surface area contributed by atoms with Gasteiger partial charge in [-0.05, 0) is 47.2 Å². The first kappa shape index (κ1) is 20.5. The molecule has 162 valence electrons. The summed E-state index contributed by atoms with van der Waals surface area (Å²) in [4.78, 5) is 28.0. The lowest BCUT2D eigenvalue weighted by Crippen LogP contribution is -2.25. The Balaban J connectivity index is 1.57. The summed E-state index contributed by atoms with van der Waals surface area (Å²) in [5.41, 5.74) is 0.873. The van der Waals surface area contributed by atoms with Crippen LogP contribution >= 0.6 is 11.3 Å². The SMILES string of the molecule is O=C(c1ccc2ccccc2c1)N(/N=C/c1ccc([N+](=O)[O-])o1)c1nc2ccc(F)cc2s1. The van der Waals surface area contributed by atoms with Crippen molar-refractivity contribution in [1.82, 2.24) is 4.98 Å². The highest BCUT2D eigenvalue weighted by Gasteiger charge is 2.22. The number of hydrogen-bond donors (Lipinski definition) is 0. The Bertz CT molecular complexity index is 1560. The minimum atomic E-state index is -0.669. The maximum atomic E-state index is 13.7. The average molecular weight is 460 g/mol. The van der Waals surface area contributed by atoms with E-state index < -0.39 is 22.5 Å². The van der Waals surface area contributed by atoms with Crippen LogP contribution in [0.4, 0.5) is 15.4 Å². The van der Waals surface area contributed by atoms with E-state index in [2.05, 4.69) is 10.1 Å². The minimum absolute atomic E-state index is 0.0881. The van der Waals surface area contributed by atoms with Gasteiger partial charge in [0.2, 0.25) is 5.13 Å². The van der Waals surface area contributed by atoms with Crippen molar-refractivity contribution in [2.75, 3.05) is 5.01 Å². The number of hydrazone groups is 1. The number of benzene rings is 3. The molecule has 0 aliphatic heterocycles. The second kappa shape index (κ2) is 8.24. The fourth-order valence-corrected chi connectivity index (χ4v) is 4.18. The lowest BCUT2D eigenvalue weighted by molar-refractivity contribution is -0.402. The predicted octanol–water partition coefficient (Wildman–Crippen LogP) is 5.77. The Hall–Kier alpha value is -4.44. The molecule has 0 radical (unpaired) electrons. The van der Waals surface area contributed by atoms with E-state index in [0.717, 1.165) is 27.1 Å². The molecule has 0 fully saturated rings. The Morgan fingerprint density at radius 2 is 1.91 bits per heavy atom. The standard InChI is InChI=1S/C23H13FN4O4S/c24-17-7-9-19-20(12-17)33-23(26-19)27(25-13-18-8-10-21(32-18)28(30)31)22(29)16-6-5-14-3-1-2-4-15(14)11-16/h1-13H/b25-13+. The molecule has 2 heterocycles. The highest BCUT2D eigenvalue weighted by atomic mass is 32.1. The molecule has 33 heavy (non-hydrogen) atoms. The molecule has 0 bridgehead atoms. The second-order valence-corrected chi connectivity index (χ2v) is 7.97. The number of nitro groups is 1. The highest BCUT2D eigenvalue weighted by molar-refractivity contribution is 7.22. The van der Waals surface area contributed by atoms with Crippen LogP contribution in [-0.2, 0) is 0 Å². The Labute approximate surface area is 189 Å². The summed E-state index contributed by atoms with van der Waals surface area (Å²) in [6, 6.07) is 19.5. The molecule has 0 saturated heterocycles. The summed E-state index contributed by atoms with van der Waals surface area (Å²) in [6.45, 7) is 0. The number of thiazole rings is 1. The van der Waals surface area contributed by atoms with Crippen LogP contribution in [0.15, 0.2) is 82.3 Å². The summed E-state index contributed by atoms with van der Waals surface area (Å²) < 4.78 is 19.3. The fraction of sp³-hybridized carbons (Fsp3) is 0. The van der Waals surface area contributed by atoms with Crippen LogP contribution in [0.25, 0.3) is 21.0 Å². The molecule has 3 aromatic carbocycles. The number of amides is 1. The topological polar surface area (TPSA) is 102 Å². The predicted molar refractivity (Wildman–Crippen MR) is 123 cm³/mol. The van der Waals surface area contributed by atoms with Crippen molar-refractivity contribution in [2.24, 2.45) is 5.10 Å². The third kappa shape index (κ3) is 4.06. The van der Waals surface area contributed by atoms with E-state index in [9.17, 15) is 19.3 Å². The Morgan fingerprint density at radius 3 is 2.70 bits per heavy atom. The van der Waals surface area contributed by atoms with E-state index in [-0.39, 0.29) is 10.9 Å². The van der Waals surface area contributed by atoms with E-state index in [1.165, 1.54) is 36.5 Å². The monoisotopic (exact) mass is 460 g/mol. The summed E-state index contributed by atoms with van der Waals surface area (Å²) >= 11 is 1.09. The van der Waals surface area contributed by atoms with Crippen LogP contribution in [0.1, 0.15) is 16.1 Å². The molecule has 5 aromatic rings. The molecule has 2 aromatic heterocycles. The van der Waals surface area contributed by atoms with Crippen LogP contribution in [0.3, 0.4) is 0 Å². The van der Waals surface area contributed by atoms with Crippen LogP contribution in [0.2, 0.25) is 0 Å². The van der Waals surface area contributed by atoms with E-state index >= 15 is 0 Å². The van der Waals surface area contributed by atoms with Crippen molar-refractivity contribution in [3.8, 4) is 0 Å². The summed E-state index contributed by atoms with van der Waals surface area (Å²) in [5.74, 6) is -1.25. The van der Waals surface area contributed by atoms with Crippen LogP contribution < -0.4 is 5.01 Å². The van der Waals surface area contributed by atoms with Crippen molar-refractivity contribution in [2.45, 2.75) is 0 Å². The van der Waals surface area contributed by atoms with Gasteiger partial charge in [0.05, 0.1) is 22.5 Å². The highest BCUT2D eigenvalue weighted by Crippen LogP contribution is 2.31. The second-order valence-electron chi connectivity index (χ2n) is 6.97. The van der Waals surface area contributed by atoms with Crippen LogP contribution in [-0.4, -0.2) is 22.0 Å². The summed E-state index contributed by atoms with van der Waals surface area (Å²) in [6.07, 6.45) is 1.19. The van der Waals surface area contributed by atoms with E-state index in [1.807, 2.05) is 30.3 Å². The van der Waals surface area contributed by atoms with Gasteiger partial charge in [-0.15, -0.1) is 0 Å². The van der Waals surface area contributed by atoms with Gasteiger partial charge in [0.25, 0.3) is 5.91 Å². The normalized spacial score (nSPS) is 11.4. The molecule has 0 spiro atoms. The zero-order valence-electron chi connectivity index (χ0n) is 16.7. The summed E-state index contributed by atoms with van der Waals surface area (Å²) in [7, 11) is 0. The maximum Gasteiger partial charge on any atom is 0.433 e. The number of rotatable bonds is 5. The van der Waals surface area contributed by atoms with Crippen LogP contribution in [0.5, 0.6) is 0 Å². The molecule has 8 nitrogen and oxygen atoms in total. The molecule has 5 rings (SSSR count). The third-order valence-electron chi connectivity index (χ3n) is 4.80. The van der Waals surface area contributed by atoms with Gasteiger partial charge in [0.1, 0.15) is 10.7 Å². The number of carbonyl (C=O) groups is 1. The summed E-state index contributed by atoms with van der Waals surface area (Å²) in [5, 5.41) is 18.2. The number of hydrogen-bond acceptors (Lipinski definition) is 7. The quantitative estimate of drug-likeness (QED) is 0.188. The van der Waals surface area contributed by atoms with Gasteiger partial charge in [0.15, 0.2) is 5.76 Å². The van der Waals surface area contributed by atoms with E-state index in [4.69, 9.17) is 4.42 Å². The fourth-order valence-electron chi connectivity index (χ4n) is 3.23. The Morgan fingerprint density at radius 1 is 1.09 bits per heavy atom. The van der Waals surface area contributed by atoms with Crippen molar-refractivity contribution in [3.63, 3.8) is 0 Å². The number of furan rings is 1. The maximum absolute atomic E-state index is 13.7. The number of carbonyl (C=O) groups excluding carboxylic acids is 1. The zero-order chi connectivity index (χ0) is 22.9. The molecule has 0 aliphatic rings. The minimum Gasteiger partial charge on any atom is -0.400 e. The smallest absolute Gasteiger partial charge is 0.400 e. The van der Waals surface area contributed by atoms with Gasteiger partial charge in [0, 0.05) is 5.56 Å². The van der Waals surface area contributed by atoms with E-state index in [0.29, 0.717) is 15.8 Å². The first-order chi connectivity index (χ1) is 16.0. The molecule has 0 saturated carbocycles. The lowest BCUT2D eigenvalue weighted by Gasteiger charge is -2.14. The van der Waals surface area contributed by atoms with Crippen molar-refractivity contribution in [3.05, 3.63) is 100 Å². The van der Waals surface area contributed by atoms with Gasteiger partial charge in [-0.3, -0.25) is 14.9 Å². The molecule has 0 unspecified atom stereocenters.